The van der Waals surface area contributed by atoms with Crippen LogP contribution in [0.1, 0.15) is 30.9 Å². The van der Waals surface area contributed by atoms with E-state index in [0.717, 1.165) is 31.5 Å². The number of methoxy groups -OCH3 is 1. The van der Waals surface area contributed by atoms with Crippen LogP contribution >= 0.6 is 0 Å². The lowest BCUT2D eigenvalue weighted by Gasteiger charge is -2.31. The van der Waals surface area contributed by atoms with E-state index in [4.69, 9.17) is 9.47 Å². The Morgan fingerprint density at radius 1 is 1.30 bits per heavy atom. The van der Waals surface area contributed by atoms with E-state index in [1.807, 2.05) is 12.1 Å². The van der Waals surface area contributed by atoms with Gasteiger partial charge in [0.25, 0.3) is 0 Å². The number of ether oxygens (including phenoxy) is 2. The number of rotatable bonds is 7. The molecule has 1 saturated heterocycles. The first-order chi connectivity index (χ1) is 9.81. The summed E-state index contributed by atoms with van der Waals surface area (Å²) in [5.74, 6) is 0.255. The van der Waals surface area contributed by atoms with Gasteiger partial charge in [0.05, 0.1) is 6.10 Å². The van der Waals surface area contributed by atoms with Gasteiger partial charge in [-0.2, -0.15) is 0 Å². The van der Waals surface area contributed by atoms with E-state index in [1.54, 1.807) is 7.11 Å². The molecule has 4 heteroatoms. The van der Waals surface area contributed by atoms with Crippen molar-refractivity contribution in [3.8, 4) is 0 Å². The number of hydrogen-bond donors (Lipinski definition) is 1. The van der Waals surface area contributed by atoms with E-state index in [0.29, 0.717) is 19.1 Å². The molecule has 112 valence electrons. The van der Waals surface area contributed by atoms with Gasteiger partial charge in [0.2, 0.25) is 0 Å². The van der Waals surface area contributed by atoms with Crippen molar-refractivity contribution in [1.82, 2.24) is 5.32 Å². The van der Waals surface area contributed by atoms with Crippen LogP contribution in [0.2, 0.25) is 0 Å². The highest BCUT2D eigenvalue weighted by molar-refractivity contribution is 5.19. The van der Waals surface area contributed by atoms with Crippen molar-refractivity contribution >= 4 is 0 Å². The molecule has 0 radical (unpaired) electrons. The molecule has 20 heavy (non-hydrogen) atoms. The first-order valence-corrected chi connectivity index (χ1v) is 7.38. The largest absolute Gasteiger partial charge is 0.385 e. The van der Waals surface area contributed by atoms with Gasteiger partial charge in [-0.3, -0.25) is 0 Å². The Morgan fingerprint density at radius 3 is 2.75 bits per heavy atom. The SMILES string of the molecule is COCCCO[C@@H](c1ccc(F)cc1)[C@@H]1CCCNC1. The fourth-order valence-electron chi connectivity index (χ4n) is 2.71. The zero-order valence-corrected chi connectivity index (χ0v) is 12.1. The van der Waals surface area contributed by atoms with E-state index >= 15 is 0 Å². The molecule has 2 rings (SSSR count). The summed E-state index contributed by atoms with van der Waals surface area (Å²) in [4.78, 5) is 0. The molecule has 0 spiro atoms. The predicted molar refractivity (Wildman–Crippen MR) is 77.2 cm³/mol. The third-order valence-electron chi connectivity index (χ3n) is 3.75. The van der Waals surface area contributed by atoms with Crippen LogP contribution in [0.25, 0.3) is 0 Å². The molecular weight excluding hydrogens is 257 g/mol. The normalized spacial score (nSPS) is 20.8. The van der Waals surface area contributed by atoms with Gasteiger partial charge in [-0.05, 0) is 43.5 Å². The molecule has 1 aliphatic rings. The molecule has 0 saturated carbocycles. The molecule has 0 aliphatic carbocycles. The average Bonchev–Trinajstić information content (AvgIpc) is 2.50. The van der Waals surface area contributed by atoms with Crippen LogP contribution in [-0.4, -0.2) is 33.4 Å². The minimum Gasteiger partial charge on any atom is -0.385 e. The summed E-state index contributed by atoms with van der Waals surface area (Å²) >= 11 is 0. The summed E-state index contributed by atoms with van der Waals surface area (Å²) in [6, 6.07) is 6.70. The minimum atomic E-state index is -0.200. The Bertz CT molecular complexity index is 377. The molecule has 1 aliphatic heterocycles. The van der Waals surface area contributed by atoms with Crippen LogP contribution in [0.5, 0.6) is 0 Å². The Labute approximate surface area is 120 Å². The van der Waals surface area contributed by atoms with Crippen LogP contribution in [0.15, 0.2) is 24.3 Å². The summed E-state index contributed by atoms with van der Waals surface area (Å²) in [7, 11) is 1.70. The van der Waals surface area contributed by atoms with Crippen LogP contribution in [-0.2, 0) is 9.47 Å². The lowest BCUT2D eigenvalue weighted by molar-refractivity contribution is -0.00505. The molecule has 1 aromatic rings. The second-order valence-electron chi connectivity index (χ2n) is 5.30. The van der Waals surface area contributed by atoms with E-state index in [2.05, 4.69) is 5.32 Å². The quantitative estimate of drug-likeness (QED) is 0.780. The second-order valence-corrected chi connectivity index (χ2v) is 5.30. The van der Waals surface area contributed by atoms with Gasteiger partial charge in [0.1, 0.15) is 5.82 Å². The predicted octanol–water partition coefficient (Wildman–Crippen LogP) is 2.92. The Kier molecular flexibility index (Phi) is 6.43. The van der Waals surface area contributed by atoms with Crippen molar-refractivity contribution < 1.29 is 13.9 Å². The van der Waals surface area contributed by atoms with Crippen molar-refractivity contribution in [2.24, 2.45) is 5.92 Å². The summed E-state index contributed by atoms with van der Waals surface area (Å²) in [5.41, 5.74) is 1.07. The molecule has 3 nitrogen and oxygen atoms in total. The number of nitrogens with one attached hydrogen (secondary N) is 1. The maximum Gasteiger partial charge on any atom is 0.123 e. The number of halogens is 1. The molecule has 0 bridgehead atoms. The summed E-state index contributed by atoms with van der Waals surface area (Å²) in [6.07, 6.45) is 3.25. The Morgan fingerprint density at radius 2 is 2.10 bits per heavy atom. The topological polar surface area (TPSA) is 30.5 Å². The van der Waals surface area contributed by atoms with E-state index in [9.17, 15) is 4.39 Å². The van der Waals surface area contributed by atoms with Crippen molar-refractivity contribution in [2.75, 3.05) is 33.4 Å². The highest BCUT2D eigenvalue weighted by Crippen LogP contribution is 2.31. The third kappa shape index (κ3) is 4.54. The number of piperidine rings is 1. The van der Waals surface area contributed by atoms with Crippen molar-refractivity contribution in [2.45, 2.75) is 25.4 Å². The van der Waals surface area contributed by atoms with Crippen molar-refractivity contribution in [3.05, 3.63) is 35.6 Å². The second kappa shape index (κ2) is 8.35. The molecule has 2 atom stereocenters. The molecule has 1 N–H and O–H groups in total. The zero-order valence-electron chi connectivity index (χ0n) is 12.1. The van der Waals surface area contributed by atoms with Crippen molar-refractivity contribution in [1.29, 1.82) is 0 Å². The monoisotopic (exact) mass is 281 g/mol. The maximum absolute atomic E-state index is 13.1. The minimum absolute atomic E-state index is 0.0419. The Hall–Kier alpha value is -0.970. The van der Waals surface area contributed by atoms with E-state index < -0.39 is 0 Å². The highest BCUT2D eigenvalue weighted by atomic mass is 19.1. The first-order valence-electron chi connectivity index (χ1n) is 7.38. The smallest absolute Gasteiger partial charge is 0.123 e. The van der Waals surface area contributed by atoms with Crippen LogP contribution in [0.3, 0.4) is 0 Å². The lowest BCUT2D eigenvalue weighted by Crippen LogP contribution is -2.34. The summed E-state index contributed by atoms with van der Waals surface area (Å²) in [6.45, 7) is 3.42. The van der Waals surface area contributed by atoms with Gasteiger partial charge in [0, 0.05) is 32.8 Å². The standard InChI is InChI=1S/C16H24FNO2/c1-19-10-3-11-20-16(14-4-2-9-18-12-14)13-5-7-15(17)8-6-13/h5-8,14,16,18H,2-4,9-12H2,1H3/t14-,16+/m1/s1. The molecule has 1 fully saturated rings. The molecule has 1 aromatic carbocycles. The molecule has 0 unspecified atom stereocenters. The molecule has 0 aromatic heterocycles. The van der Waals surface area contributed by atoms with Gasteiger partial charge in [-0.15, -0.1) is 0 Å². The van der Waals surface area contributed by atoms with E-state index in [-0.39, 0.29) is 11.9 Å². The van der Waals surface area contributed by atoms with Gasteiger partial charge < -0.3 is 14.8 Å². The van der Waals surface area contributed by atoms with Crippen LogP contribution in [0.4, 0.5) is 4.39 Å². The van der Waals surface area contributed by atoms with Crippen molar-refractivity contribution in [3.63, 3.8) is 0 Å². The number of hydrogen-bond acceptors (Lipinski definition) is 3. The van der Waals surface area contributed by atoms with Gasteiger partial charge in [0.15, 0.2) is 0 Å². The number of benzene rings is 1. The summed E-state index contributed by atoms with van der Waals surface area (Å²) in [5, 5.41) is 3.42. The lowest BCUT2D eigenvalue weighted by atomic mass is 9.89. The molecule has 0 amide bonds. The van der Waals surface area contributed by atoms with Gasteiger partial charge >= 0.3 is 0 Å². The Balaban J connectivity index is 2.00. The van der Waals surface area contributed by atoms with E-state index in [1.165, 1.54) is 18.6 Å². The maximum atomic E-state index is 13.1. The van der Waals surface area contributed by atoms with Gasteiger partial charge in [-0.25, -0.2) is 4.39 Å². The summed E-state index contributed by atoms with van der Waals surface area (Å²) < 4.78 is 24.2. The fourth-order valence-corrected chi connectivity index (χ4v) is 2.71. The highest BCUT2D eigenvalue weighted by Gasteiger charge is 2.25. The first kappa shape index (κ1) is 15.4. The third-order valence-corrected chi connectivity index (χ3v) is 3.75. The average molecular weight is 281 g/mol. The molecule has 1 heterocycles. The van der Waals surface area contributed by atoms with Gasteiger partial charge in [-0.1, -0.05) is 12.1 Å². The zero-order chi connectivity index (χ0) is 14.2. The fraction of sp³-hybridized carbons (Fsp3) is 0.625. The molecular formula is C16H24FNO2. The van der Waals surface area contributed by atoms with Crippen LogP contribution < -0.4 is 5.32 Å². The van der Waals surface area contributed by atoms with Crippen LogP contribution in [0, 0.1) is 11.7 Å².